The zero-order chi connectivity index (χ0) is 15.2. The van der Waals surface area contributed by atoms with Gasteiger partial charge < -0.3 is 15.8 Å². The largest absolute Gasteiger partial charge is 0.444 e. The van der Waals surface area contributed by atoms with Crippen LogP contribution in [-0.2, 0) is 22.5 Å². The topological polar surface area (TPSA) is 81.4 Å². The summed E-state index contributed by atoms with van der Waals surface area (Å²) in [6.45, 7) is 5.87. The van der Waals surface area contributed by atoms with Crippen LogP contribution in [-0.4, -0.2) is 17.6 Å². The summed E-state index contributed by atoms with van der Waals surface area (Å²) in [5.74, 6) is -0.305. The second-order valence-electron chi connectivity index (χ2n) is 5.64. The molecule has 0 heterocycles. The average molecular weight is 278 g/mol. The molecule has 0 radical (unpaired) electrons. The molecule has 0 saturated heterocycles. The third-order valence-electron chi connectivity index (χ3n) is 2.52. The van der Waals surface area contributed by atoms with Crippen molar-refractivity contribution in [1.29, 1.82) is 0 Å². The summed E-state index contributed by atoms with van der Waals surface area (Å²) in [6.07, 6.45) is 0.542. The van der Waals surface area contributed by atoms with Crippen LogP contribution in [0.25, 0.3) is 0 Å². The molecule has 0 spiro atoms. The normalized spacial score (nSPS) is 10.9. The van der Waals surface area contributed by atoms with Gasteiger partial charge in [0.05, 0.1) is 0 Å². The molecule has 3 N–H and O–H groups in total. The Morgan fingerprint density at radius 3 is 2.20 bits per heavy atom. The predicted octanol–water partition coefficient (Wildman–Crippen LogP) is 2.13. The van der Waals surface area contributed by atoms with Crippen LogP contribution in [0.1, 0.15) is 38.3 Å². The number of primary amides is 1. The van der Waals surface area contributed by atoms with Crippen molar-refractivity contribution in [1.82, 2.24) is 5.32 Å². The highest BCUT2D eigenvalue weighted by atomic mass is 16.6. The van der Waals surface area contributed by atoms with Crippen LogP contribution in [0.4, 0.5) is 4.79 Å². The van der Waals surface area contributed by atoms with Crippen molar-refractivity contribution in [3.8, 4) is 0 Å². The molecule has 1 aromatic rings. The number of hydrogen-bond donors (Lipinski definition) is 2. The van der Waals surface area contributed by atoms with Gasteiger partial charge in [-0.15, -0.1) is 0 Å². The Hall–Kier alpha value is -2.04. The van der Waals surface area contributed by atoms with Gasteiger partial charge >= 0.3 is 6.09 Å². The molecule has 0 unspecified atom stereocenters. The Bertz CT molecular complexity index is 461. The molecular weight excluding hydrogens is 256 g/mol. The molecule has 0 bridgehead atoms. The summed E-state index contributed by atoms with van der Waals surface area (Å²) in [5.41, 5.74) is 6.62. The molecule has 0 fully saturated rings. The number of amides is 2. The number of rotatable bonds is 5. The fourth-order valence-electron chi connectivity index (χ4n) is 1.58. The SMILES string of the molecule is CC(C)(C)OC(=O)NCc1ccc(CCC(N)=O)cc1. The van der Waals surface area contributed by atoms with E-state index in [2.05, 4.69) is 5.32 Å². The molecule has 0 aliphatic heterocycles. The third kappa shape index (κ3) is 6.78. The van der Waals surface area contributed by atoms with Gasteiger partial charge in [0.1, 0.15) is 5.60 Å². The van der Waals surface area contributed by atoms with Gasteiger partial charge in [-0.1, -0.05) is 24.3 Å². The zero-order valence-electron chi connectivity index (χ0n) is 12.2. The van der Waals surface area contributed by atoms with E-state index in [1.165, 1.54) is 0 Å². The quantitative estimate of drug-likeness (QED) is 0.865. The maximum atomic E-state index is 11.5. The highest BCUT2D eigenvalue weighted by Crippen LogP contribution is 2.08. The average Bonchev–Trinajstić information content (AvgIpc) is 2.33. The molecule has 0 aromatic heterocycles. The van der Waals surface area contributed by atoms with Crippen molar-refractivity contribution < 1.29 is 14.3 Å². The van der Waals surface area contributed by atoms with Crippen molar-refractivity contribution in [3.63, 3.8) is 0 Å². The maximum absolute atomic E-state index is 11.5. The van der Waals surface area contributed by atoms with Gasteiger partial charge in [0.25, 0.3) is 0 Å². The Kier molecular flexibility index (Phi) is 5.55. The summed E-state index contributed by atoms with van der Waals surface area (Å²) in [6, 6.07) is 7.67. The Morgan fingerprint density at radius 1 is 1.15 bits per heavy atom. The van der Waals surface area contributed by atoms with Crippen molar-refractivity contribution >= 4 is 12.0 Å². The van der Waals surface area contributed by atoms with Crippen LogP contribution in [0, 0.1) is 0 Å². The fraction of sp³-hybridized carbons (Fsp3) is 0.467. The van der Waals surface area contributed by atoms with E-state index in [-0.39, 0.29) is 5.91 Å². The van der Waals surface area contributed by atoms with E-state index in [0.717, 1.165) is 11.1 Å². The maximum Gasteiger partial charge on any atom is 0.407 e. The van der Waals surface area contributed by atoms with Crippen LogP contribution in [0.3, 0.4) is 0 Å². The number of alkyl carbamates (subject to hydrolysis) is 1. The van der Waals surface area contributed by atoms with Gasteiger partial charge in [-0.2, -0.15) is 0 Å². The monoisotopic (exact) mass is 278 g/mol. The number of nitrogens with one attached hydrogen (secondary N) is 1. The lowest BCUT2D eigenvalue weighted by Gasteiger charge is -2.19. The Morgan fingerprint density at radius 2 is 1.70 bits per heavy atom. The minimum Gasteiger partial charge on any atom is -0.444 e. The molecule has 5 nitrogen and oxygen atoms in total. The molecule has 0 saturated carbocycles. The summed E-state index contributed by atoms with van der Waals surface area (Å²) in [4.78, 5) is 22.2. The van der Waals surface area contributed by atoms with Gasteiger partial charge in [0.15, 0.2) is 0 Å². The molecule has 2 amide bonds. The number of ether oxygens (including phenoxy) is 1. The molecule has 0 aliphatic rings. The number of carbonyl (C=O) groups excluding carboxylic acids is 2. The van der Waals surface area contributed by atoms with E-state index in [1.54, 1.807) is 0 Å². The van der Waals surface area contributed by atoms with Crippen LogP contribution < -0.4 is 11.1 Å². The first kappa shape index (κ1) is 16.0. The third-order valence-corrected chi connectivity index (χ3v) is 2.52. The van der Waals surface area contributed by atoms with Gasteiger partial charge in [-0.05, 0) is 38.3 Å². The molecule has 0 aliphatic carbocycles. The minimum absolute atomic E-state index is 0.305. The van der Waals surface area contributed by atoms with Gasteiger partial charge in [-0.25, -0.2) is 4.79 Å². The number of hydrogen-bond acceptors (Lipinski definition) is 3. The fourth-order valence-corrected chi connectivity index (χ4v) is 1.58. The first-order valence-corrected chi connectivity index (χ1v) is 6.59. The minimum atomic E-state index is -0.497. The summed E-state index contributed by atoms with van der Waals surface area (Å²) >= 11 is 0. The van der Waals surface area contributed by atoms with Gasteiger partial charge in [0.2, 0.25) is 5.91 Å². The lowest BCUT2D eigenvalue weighted by molar-refractivity contribution is -0.117. The Labute approximate surface area is 119 Å². The summed E-state index contributed by atoms with van der Waals surface area (Å²) in [5, 5.41) is 2.69. The summed E-state index contributed by atoms with van der Waals surface area (Å²) in [7, 11) is 0. The smallest absolute Gasteiger partial charge is 0.407 e. The summed E-state index contributed by atoms with van der Waals surface area (Å²) < 4.78 is 5.15. The lowest BCUT2D eigenvalue weighted by Crippen LogP contribution is -2.32. The van der Waals surface area contributed by atoms with Crippen molar-refractivity contribution in [2.24, 2.45) is 5.73 Å². The Balaban J connectivity index is 2.42. The highest BCUT2D eigenvalue weighted by molar-refractivity contribution is 5.74. The molecule has 1 aromatic carbocycles. The molecule has 1 rings (SSSR count). The molecule has 0 atom stereocenters. The number of aryl methyl sites for hydroxylation is 1. The second kappa shape index (κ2) is 6.93. The van der Waals surface area contributed by atoms with E-state index in [4.69, 9.17) is 10.5 Å². The number of nitrogens with two attached hydrogens (primary N) is 1. The van der Waals surface area contributed by atoms with Gasteiger partial charge in [0, 0.05) is 13.0 Å². The van der Waals surface area contributed by atoms with E-state index < -0.39 is 11.7 Å². The number of carbonyl (C=O) groups is 2. The van der Waals surface area contributed by atoms with Crippen molar-refractivity contribution in [2.45, 2.75) is 45.8 Å². The number of benzene rings is 1. The van der Waals surface area contributed by atoms with Crippen molar-refractivity contribution in [2.75, 3.05) is 0 Å². The lowest BCUT2D eigenvalue weighted by atomic mass is 10.1. The first-order chi connectivity index (χ1) is 9.26. The van der Waals surface area contributed by atoms with Crippen LogP contribution in [0.15, 0.2) is 24.3 Å². The highest BCUT2D eigenvalue weighted by Gasteiger charge is 2.15. The van der Waals surface area contributed by atoms with E-state index in [1.807, 2.05) is 45.0 Å². The van der Waals surface area contributed by atoms with Crippen LogP contribution in [0.2, 0.25) is 0 Å². The van der Waals surface area contributed by atoms with Crippen LogP contribution in [0.5, 0.6) is 0 Å². The van der Waals surface area contributed by atoms with E-state index >= 15 is 0 Å². The standard InChI is InChI=1S/C15H22N2O3/c1-15(2,3)20-14(19)17-10-12-6-4-11(5-7-12)8-9-13(16)18/h4-7H,8-10H2,1-3H3,(H2,16,18)(H,17,19). The van der Waals surface area contributed by atoms with Crippen LogP contribution >= 0.6 is 0 Å². The predicted molar refractivity (Wildman–Crippen MR) is 77.0 cm³/mol. The molecular formula is C15H22N2O3. The van der Waals surface area contributed by atoms with Gasteiger partial charge in [-0.3, -0.25) is 4.79 Å². The second-order valence-corrected chi connectivity index (χ2v) is 5.64. The van der Waals surface area contributed by atoms with Crippen molar-refractivity contribution in [3.05, 3.63) is 35.4 Å². The molecule has 5 heteroatoms. The van der Waals surface area contributed by atoms with E-state index in [9.17, 15) is 9.59 Å². The van der Waals surface area contributed by atoms with E-state index in [0.29, 0.717) is 19.4 Å². The molecule has 20 heavy (non-hydrogen) atoms. The zero-order valence-corrected chi connectivity index (χ0v) is 12.2. The first-order valence-electron chi connectivity index (χ1n) is 6.59. The molecule has 110 valence electrons.